The highest BCUT2D eigenvalue weighted by Crippen LogP contribution is 2.38. The number of nitrogens with zero attached hydrogens (tertiary/aromatic N) is 5. The standard InChI is InChI=1S/C18H17ClF3N5O/c1-11-6-8-26(9-7-11)16-14(15(19)25-17-23-10-24-27(16)17)12-2-4-13(5-3-12)28-18(20,21)22/h2-5,10-11H,6-9H2,1H3. The monoisotopic (exact) mass is 411 g/mol. The largest absolute Gasteiger partial charge is 0.573 e. The summed E-state index contributed by atoms with van der Waals surface area (Å²) >= 11 is 6.46. The molecule has 1 aliphatic rings. The van der Waals surface area contributed by atoms with Crippen LogP contribution in [0.15, 0.2) is 30.6 Å². The van der Waals surface area contributed by atoms with E-state index in [2.05, 4.69) is 31.6 Å². The molecule has 0 unspecified atom stereocenters. The van der Waals surface area contributed by atoms with Gasteiger partial charge in [-0.05, 0) is 36.5 Å². The van der Waals surface area contributed by atoms with Gasteiger partial charge < -0.3 is 9.64 Å². The fourth-order valence-corrected chi connectivity index (χ4v) is 3.66. The molecule has 4 rings (SSSR count). The van der Waals surface area contributed by atoms with Crippen LogP contribution >= 0.6 is 11.6 Å². The van der Waals surface area contributed by atoms with Crippen molar-refractivity contribution in [3.8, 4) is 16.9 Å². The fourth-order valence-electron chi connectivity index (χ4n) is 3.39. The van der Waals surface area contributed by atoms with E-state index in [0.29, 0.717) is 22.8 Å². The molecular weight excluding hydrogens is 395 g/mol. The molecule has 0 bridgehead atoms. The second kappa shape index (κ2) is 7.12. The summed E-state index contributed by atoms with van der Waals surface area (Å²) in [7, 11) is 0. The molecule has 3 aromatic rings. The zero-order chi connectivity index (χ0) is 19.9. The van der Waals surface area contributed by atoms with Crippen molar-refractivity contribution in [2.24, 2.45) is 5.92 Å². The number of fused-ring (bicyclic) bond motifs is 1. The Hall–Kier alpha value is -2.55. The Kier molecular flexibility index (Phi) is 4.78. The van der Waals surface area contributed by atoms with Crippen LogP contribution in [0.2, 0.25) is 5.15 Å². The summed E-state index contributed by atoms with van der Waals surface area (Å²) in [6.07, 6.45) is -1.29. The van der Waals surface area contributed by atoms with Gasteiger partial charge in [-0.1, -0.05) is 30.7 Å². The van der Waals surface area contributed by atoms with Crippen molar-refractivity contribution >= 4 is 23.2 Å². The maximum absolute atomic E-state index is 12.4. The minimum absolute atomic E-state index is 0.221. The van der Waals surface area contributed by atoms with E-state index in [1.54, 1.807) is 4.52 Å². The molecule has 148 valence electrons. The van der Waals surface area contributed by atoms with E-state index in [-0.39, 0.29) is 10.9 Å². The highest BCUT2D eigenvalue weighted by atomic mass is 35.5. The molecule has 1 aliphatic heterocycles. The van der Waals surface area contributed by atoms with Crippen LogP contribution in [0, 0.1) is 5.92 Å². The zero-order valence-electron chi connectivity index (χ0n) is 14.9. The van der Waals surface area contributed by atoms with Gasteiger partial charge in [-0.25, -0.2) is 0 Å². The van der Waals surface area contributed by atoms with E-state index >= 15 is 0 Å². The van der Waals surface area contributed by atoms with Gasteiger partial charge in [0.2, 0.25) is 0 Å². The first kappa shape index (κ1) is 18.8. The normalized spacial score (nSPS) is 16.0. The van der Waals surface area contributed by atoms with E-state index in [4.69, 9.17) is 11.6 Å². The number of rotatable bonds is 3. The number of benzene rings is 1. The van der Waals surface area contributed by atoms with E-state index < -0.39 is 6.36 Å². The van der Waals surface area contributed by atoms with Crippen LogP contribution in [0.1, 0.15) is 19.8 Å². The first-order valence-corrected chi connectivity index (χ1v) is 9.20. The smallest absolute Gasteiger partial charge is 0.406 e. The summed E-state index contributed by atoms with van der Waals surface area (Å²) in [6.45, 7) is 3.85. The average Bonchev–Trinajstić information content (AvgIpc) is 3.09. The number of piperidine rings is 1. The molecular formula is C18H17ClF3N5O. The Labute approximate surface area is 163 Å². The van der Waals surface area contributed by atoms with Crippen molar-refractivity contribution in [3.05, 3.63) is 35.7 Å². The summed E-state index contributed by atoms with van der Waals surface area (Å²) in [6, 6.07) is 5.57. The predicted molar refractivity (Wildman–Crippen MR) is 98.5 cm³/mol. The molecule has 3 heterocycles. The first-order valence-electron chi connectivity index (χ1n) is 8.82. The van der Waals surface area contributed by atoms with E-state index in [1.807, 2.05) is 0 Å². The van der Waals surface area contributed by atoms with Crippen molar-refractivity contribution < 1.29 is 17.9 Å². The van der Waals surface area contributed by atoms with Crippen LogP contribution in [-0.2, 0) is 0 Å². The van der Waals surface area contributed by atoms with Crippen LogP contribution in [-0.4, -0.2) is 39.0 Å². The molecule has 0 aliphatic carbocycles. The van der Waals surface area contributed by atoms with Crippen molar-refractivity contribution in [1.29, 1.82) is 0 Å². The van der Waals surface area contributed by atoms with Crippen molar-refractivity contribution in [1.82, 2.24) is 19.6 Å². The van der Waals surface area contributed by atoms with Gasteiger partial charge in [0.05, 0.1) is 5.56 Å². The third-order valence-electron chi connectivity index (χ3n) is 4.82. The zero-order valence-corrected chi connectivity index (χ0v) is 15.7. The molecule has 0 N–H and O–H groups in total. The molecule has 10 heteroatoms. The Morgan fingerprint density at radius 1 is 1.14 bits per heavy atom. The quantitative estimate of drug-likeness (QED) is 0.590. The molecule has 1 fully saturated rings. The fraction of sp³-hybridized carbons (Fsp3) is 0.389. The van der Waals surface area contributed by atoms with Crippen LogP contribution in [0.3, 0.4) is 0 Å². The highest BCUT2D eigenvalue weighted by molar-refractivity contribution is 6.33. The number of aromatic nitrogens is 4. The predicted octanol–water partition coefficient (Wildman–Crippen LogP) is 4.58. The number of ether oxygens (including phenoxy) is 1. The Morgan fingerprint density at radius 2 is 1.82 bits per heavy atom. The highest BCUT2D eigenvalue weighted by Gasteiger charge is 2.31. The van der Waals surface area contributed by atoms with Gasteiger partial charge in [0.25, 0.3) is 5.78 Å². The number of hydrogen-bond acceptors (Lipinski definition) is 5. The van der Waals surface area contributed by atoms with Crippen LogP contribution in [0.4, 0.5) is 19.0 Å². The topological polar surface area (TPSA) is 55.5 Å². The summed E-state index contributed by atoms with van der Waals surface area (Å²) in [5.74, 6) is 1.45. The van der Waals surface area contributed by atoms with Crippen LogP contribution in [0.5, 0.6) is 5.75 Å². The van der Waals surface area contributed by atoms with Gasteiger partial charge in [0, 0.05) is 13.1 Å². The lowest BCUT2D eigenvalue weighted by molar-refractivity contribution is -0.274. The minimum atomic E-state index is -4.74. The van der Waals surface area contributed by atoms with Crippen LogP contribution in [0.25, 0.3) is 16.9 Å². The van der Waals surface area contributed by atoms with Gasteiger partial charge in [-0.2, -0.15) is 19.6 Å². The lowest BCUT2D eigenvalue weighted by atomic mass is 9.98. The molecule has 1 saturated heterocycles. The van der Waals surface area contributed by atoms with E-state index in [0.717, 1.165) is 31.7 Å². The van der Waals surface area contributed by atoms with E-state index in [9.17, 15) is 13.2 Å². The summed E-state index contributed by atoms with van der Waals surface area (Å²) in [5.41, 5.74) is 1.23. The maximum Gasteiger partial charge on any atom is 0.573 e. The van der Waals surface area contributed by atoms with Crippen molar-refractivity contribution in [3.63, 3.8) is 0 Å². The summed E-state index contributed by atoms with van der Waals surface area (Å²) < 4.78 is 42.9. The maximum atomic E-state index is 12.4. The second-order valence-corrected chi connectivity index (χ2v) is 7.17. The van der Waals surface area contributed by atoms with Gasteiger partial charge in [0.15, 0.2) is 0 Å². The first-order chi connectivity index (χ1) is 13.3. The van der Waals surface area contributed by atoms with Gasteiger partial charge in [0.1, 0.15) is 23.0 Å². The van der Waals surface area contributed by atoms with E-state index in [1.165, 1.54) is 30.6 Å². The number of halogens is 4. The minimum Gasteiger partial charge on any atom is -0.406 e. The summed E-state index contributed by atoms with van der Waals surface area (Å²) in [4.78, 5) is 10.6. The molecule has 0 amide bonds. The average molecular weight is 412 g/mol. The molecule has 2 aromatic heterocycles. The third kappa shape index (κ3) is 3.71. The molecule has 6 nitrogen and oxygen atoms in total. The second-order valence-electron chi connectivity index (χ2n) is 6.81. The Bertz CT molecular complexity index is 981. The number of hydrogen-bond donors (Lipinski definition) is 0. The van der Waals surface area contributed by atoms with Gasteiger partial charge in [-0.15, -0.1) is 13.2 Å². The number of anilines is 1. The van der Waals surface area contributed by atoms with Gasteiger partial charge in [-0.3, -0.25) is 0 Å². The SMILES string of the molecule is CC1CCN(c2c(-c3ccc(OC(F)(F)F)cc3)c(Cl)nc3ncnn23)CC1. The third-order valence-corrected chi connectivity index (χ3v) is 5.09. The summed E-state index contributed by atoms with van der Waals surface area (Å²) in [5, 5.41) is 4.50. The molecule has 0 atom stereocenters. The van der Waals surface area contributed by atoms with Gasteiger partial charge >= 0.3 is 6.36 Å². The van der Waals surface area contributed by atoms with Crippen LogP contribution < -0.4 is 9.64 Å². The molecule has 0 saturated carbocycles. The molecule has 1 aromatic carbocycles. The Balaban J connectivity index is 1.80. The van der Waals surface area contributed by atoms with Crippen molar-refractivity contribution in [2.45, 2.75) is 26.1 Å². The number of alkyl halides is 3. The molecule has 0 radical (unpaired) electrons. The Morgan fingerprint density at radius 3 is 2.46 bits per heavy atom. The lowest BCUT2D eigenvalue weighted by Gasteiger charge is -2.33. The van der Waals surface area contributed by atoms with Crippen molar-refractivity contribution in [2.75, 3.05) is 18.0 Å². The molecule has 28 heavy (non-hydrogen) atoms. The lowest BCUT2D eigenvalue weighted by Crippen LogP contribution is -2.34. The molecule has 0 spiro atoms.